The number of rotatable bonds is 6. The fourth-order valence-corrected chi connectivity index (χ4v) is 4.58. The number of hydrogen-bond acceptors (Lipinski definition) is 5. The van der Waals surface area contributed by atoms with E-state index < -0.39 is 10.2 Å². The molecule has 1 atom stereocenters. The molecular formula is C15H25N7O2S. The second-order valence-electron chi connectivity index (χ2n) is 6.39. The zero-order chi connectivity index (χ0) is 18.0. The monoisotopic (exact) mass is 367 g/mol. The van der Waals surface area contributed by atoms with Crippen LogP contribution in [0.5, 0.6) is 0 Å². The molecule has 0 radical (unpaired) electrons. The van der Waals surface area contributed by atoms with E-state index in [0.717, 1.165) is 24.5 Å². The van der Waals surface area contributed by atoms with Gasteiger partial charge in [-0.05, 0) is 12.8 Å². The van der Waals surface area contributed by atoms with Gasteiger partial charge in [0, 0.05) is 52.0 Å². The van der Waals surface area contributed by atoms with E-state index in [0.29, 0.717) is 26.2 Å². The summed E-state index contributed by atoms with van der Waals surface area (Å²) < 4.78 is 32.0. The van der Waals surface area contributed by atoms with Crippen molar-refractivity contribution < 1.29 is 8.42 Å². The van der Waals surface area contributed by atoms with Crippen LogP contribution in [-0.2, 0) is 23.8 Å². The van der Waals surface area contributed by atoms with Crippen LogP contribution in [0, 0.1) is 0 Å². The van der Waals surface area contributed by atoms with Crippen molar-refractivity contribution in [2.75, 3.05) is 26.7 Å². The molecular weight excluding hydrogens is 342 g/mol. The van der Waals surface area contributed by atoms with Gasteiger partial charge in [-0.3, -0.25) is 0 Å². The lowest BCUT2D eigenvalue weighted by atomic mass is 9.99. The van der Waals surface area contributed by atoms with Crippen LogP contribution in [0.2, 0.25) is 0 Å². The first-order valence-electron chi connectivity index (χ1n) is 8.48. The Hall–Kier alpha value is -1.78. The van der Waals surface area contributed by atoms with Gasteiger partial charge in [0.25, 0.3) is 10.2 Å². The van der Waals surface area contributed by atoms with Crippen molar-refractivity contribution >= 4 is 10.2 Å². The van der Waals surface area contributed by atoms with Gasteiger partial charge in [0.15, 0.2) is 5.82 Å². The van der Waals surface area contributed by atoms with Crippen LogP contribution >= 0.6 is 0 Å². The third-order valence-corrected chi connectivity index (χ3v) is 6.83. The van der Waals surface area contributed by atoms with Gasteiger partial charge in [0.2, 0.25) is 0 Å². The van der Waals surface area contributed by atoms with Gasteiger partial charge >= 0.3 is 0 Å². The lowest BCUT2D eigenvalue weighted by Gasteiger charge is -2.33. The van der Waals surface area contributed by atoms with Crippen LogP contribution in [0.15, 0.2) is 18.7 Å². The van der Waals surface area contributed by atoms with E-state index >= 15 is 0 Å². The molecule has 10 heteroatoms. The molecule has 0 amide bonds. The largest absolute Gasteiger partial charge is 0.330 e. The zero-order valence-electron chi connectivity index (χ0n) is 14.9. The Bertz CT molecular complexity index is 800. The minimum atomic E-state index is -3.40. The molecule has 1 aliphatic rings. The first kappa shape index (κ1) is 18.0. The van der Waals surface area contributed by atoms with E-state index in [1.54, 1.807) is 23.9 Å². The highest BCUT2D eigenvalue weighted by atomic mass is 32.2. The highest BCUT2D eigenvalue weighted by molar-refractivity contribution is 7.86. The Labute approximate surface area is 148 Å². The summed E-state index contributed by atoms with van der Waals surface area (Å²) in [5.41, 5.74) is 0. The van der Waals surface area contributed by atoms with Crippen molar-refractivity contribution in [2.45, 2.75) is 32.2 Å². The summed E-state index contributed by atoms with van der Waals surface area (Å²) in [5.74, 6) is 1.73. The summed E-state index contributed by atoms with van der Waals surface area (Å²) in [5, 5.41) is 8.64. The average molecular weight is 367 g/mol. The van der Waals surface area contributed by atoms with Gasteiger partial charge in [-0.2, -0.15) is 17.0 Å². The third kappa shape index (κ3) is 3.60. The maximum Gasteiger partial charge on any atom is 0.281 e. The Morgan fingerprint density at radius 3 is 2.84 bits per heavy atom. The van der Waals surface area contributed by atoms with Crippen LogP contribution in [0.3, 0.4) is 0 Å². The average Bonchev–Trinajstić information content (AvgIpc) is 3.25. The molecule has 0 N–H and O–H groups in total. The molecule has 0 unspecified atom stereocenters. The molecule has 2 aromatic rings. The van der Waals surface area contributed by atoms with Crippen molar-refractivity contribution in [3.63, 3.8) is 0 Å². The highest BCUT2D eigenvalue weighted by Crippen LogP contribution is 2.28. The number of hydrogen-bond donors (Lipinski definition) is 0. The van der Waals surface area contributed by atoms with Crippen LogP contribution in [-0.4, -0.2) is 68.0 Å². The number of aromatic nitrogens is 5. The molecule has 0 bridgehead atoms. The molecule has 0 spiro atoms. The SMILES string of the molecule is CCN(C)S(=O)(=O)N1CCC[C@@H](c2nnc(Cn3ccnc3)n2C)C1. The lowest BCUT2D eigenvalue weighted by molar-refractivity contribution is 0.286. The zero-order valence-corrected chi connectivity index (χ0v) is 15.7. The van der Waals surface area contributed by atoms with Crippen molar-refractivity contribution in [3.05, 3.63) is 30.4 Å². The summed E-state index contributed by atoms with van der Waals surface area (Å²) in [7, 11) is 0.150. The van der Waals surface area contributed by atoms with E-state index in [2.05, 4.69) is 15.2 Å². The molecule has 0 aromatic carbocycles. The van der Waals surface area contributed by atoms with Crippen LogP contribution in [0.25, 0.3) is 0 Å². The molecule has 25 heavy (non-hydrogen) atoms. The van der Waals surface area contributed by atoms with Crippen LogP contribution < -0.4 is 0 Å². The molecule has 1 saturated heterocycles. The fourth-order valence-electron chi connectivity index (χ4n) is 3.14. The van der Waals surface area contributed by atoms with Crippen molar-refractivity contribution in [3.8, 4) is 0 Å². The molecule has 3 rings (SSSR count). The normalized spacial score (nSPS) is 19.6. The molecule has 0 aliphatic carbocycles. The van der Waals surface area contributed by atoms with E-state index in [-0.39, 0.29) is 5.92 Å². The lowest BCUT2D eigenvalue weighted by Crippen LogP contribution is -2.46. The molecule has 138 valence electrons. The minimum Gasteiger partial charge on any atom is -0.330 e. The summed E-state index contributed by atoms with van der Waals surface area (Å²) in [4.78, 5) is 4.03. The van der Waals surface area contributed by atoms with Gasteiger partial charge in [-0.15, -0.1) is 10.2 Å². The maximum absolute atomic E-state index is 12.6. The first-order valence-corrected chi connectivity index (χ1v) is 9.88. The molecule has 1 fully saturated rings. The topological polar surface area (TPSA) is 89.2 Å². The highest BCUT2D eigenvalue weighted by Gasteiger charge is 2.33. The number of piperidine rings is 1. The van der Waals surface area contributed by atoms with Crippen molar-refractivity contribution in [1.29, 1.82) is 0 Å². The standard InChI is InChI=1S/C15H25N7O2S/c1-4-19(2)25(23,24)22-8-5-6-13(10-22)15-18-17-14(20(15)3)11-21-9-7-16-12-21/h7,9,12-13H,4-6,8,10-11H2,1-3H3/t13-/m1/s1. The molecule has 3 heterocycles. The maximum atomic E-state index is 12.6. The van der Waals surface area contributed by atoms with Crippen molar-refractivity contribution in [1.82, 2.24) is 32.9 Å². The Morgan fingerprint density at radius 1 is 1.36 bits per heavy atom. The Kier molecular flexibility index (Phi) is 5.21. The van der Waals surface area contributed by atoms with E-state index in [1.165, 1.54) is 4.31 Å². The van der Waals surface area contributed by atoms with E-state index in [1.807, 2.05) is 29.3 Å². The summed E-state index contributed by atoms with van der Waals surface area (Å²) >= 11 is 0. The molecule has 1 aliphatic heterocycles. The molecule has 9 nitrogen and oxygen atoms in total. The van der Waals surface area contributed by atoms with E-state index in [9.17, 15) is 8.42 Å². The van der Waals surface area contributed by atoms with Crippen LogP contribution in [0.1, 0.15) is 37.3 Å². The Balaban J connectivity index is 1.77. The van der Waals surface area contributed by atoms with Gasteiger partial charge in [-0.25, -0.2) is 4.98 Å². The fraction of sp³-hybridized carbons (Fsp3) is 0.667. The minimum absolute atomic E-state index is 0.0582. The van der Waals surface area contributed by atoms with Crippen molar-refractivity contribution in [2.24, 2.45) is 7.05 Å². The van der Waals surface area contributed by atoms with Gasteiger partial charge in [0.1, 0.15) is 5.82 Å². The second kappa shape index (κ2) is 7.22. The quantitative estimate of drug-likeness (QED) is 0.739. The number of nitrogens with zero attached hydrogens (tertiary/aromatic N) is 7. The van der Waals surface area contributed by atoms with E-state index in [4.69, 9.17) is 0 Å². The predicted molar refractivity (Wildman–Crippen MR) is 93.1 cm³/mol. The van der Waals surface area contributed by atoms with Gasteiger partial charge < -0.3 is 9.13 Å². The second-order valence-corrected chi connectivity index (χ2v) is 8.42. The Morgan fingerprint density at radius 2 is 2.16 bits per heavy atom. The summed E-state index contributed by atoms with van der Waals surface area (Å²) in [6.07, 6.45) is 7.09. The first-order chi connectivity index (χ1) is 11.9. The molecule has 2 aromatic heterocycles. The summed E-state index contributed by atoms with van der Waals surface area (Å²) in [6.45, 7) is 3.90. The third-order valence-electron chi connectivity index (χ3n) is 4.80. The number of imidazole rings is 1. The van der Waals surface area contributed by atoms with Crippen LogP contribution in [0.4, 0.5) is 0 Å². The predicted octanol–water partition coefficient (Wildman–Crippen LogP) is 0.436. The molecule has 0 saturated carbocycles. The van der Waals surface area contributed by atoms with Gasteiger partial charge in [-0.1, -0.05) is 6.92 Å². The van der Waals surface area contributed by atoms with Gasteiger partial charge in [0.05, 0.1) is 12.9 Å². The summed E-state index contributed by atoms with van der Waals surface area (Å²) in [6, 6.07) is 0. The smallest absolute Gasteiger partial charge is 0.281 e.